The zero-order chi connectivity index (χ0) is 13.2. The summed E-state index contributed by atoms with van der Waals surface area (Å²) in [6, 6.07) is 14.9. The van der Waals surface area contributed by atoms with Gasteiger partial charge in [0.15, 0.2) is 19.7 Å². The molecule has 0 N–H and O–H groups in total. The molecule has 2 aliphatic heterocycles. The Morgan fingerprint density at radius 3 is 2.74 bits per heavy atom. The molecule has 0 spiro atoms. The second-order valence-electron chi connectivity index (χ2n) is 5.71. The highest BCUT2D eigenvalue weighted by Gasteiger charge is 2.65. The first kappa shape index (κ1) is 11.3. The van der Waals surface area contributed by atoms with Crippen LogP contribution in [0.1, 0.15) is 36.7 Å². The standard InChI is InChI=1S/C16H15NOP/c1-10-11-6-3-4-7-12(11)13-8-5-9-14-15(19-18)16(10,2)17(13)14/h3-10,15H,1-2H3/q+1. The van der Waals surface area contributed by atoms with Crippen LogP contribution >= 0.6 is 8.46 Å². The number of pyridine rings is 1. The van der Waals surface area contributed by atoms with Crippen LogP contribution in [0.4, 0.5) is 0 Å². The molecule has 3 heterocycles. The maximum absolute atomic E-state index is 11.6. The summed E-state index contributed by atoms with van der Waals surface area (Å²) < 4.78 is 14.0. The maximum Gasteiger partial charge on any atom is 0.213 e. The monoisotopic (exact) mass is 268 g/mol. The van der Waals surface area contributed by atoms with Crippen molar-refractivity contribution in [2.75, 3.05) is 0 Å². The zero-order valence-electron chi connectivity index (χ0n) is 11.0. The van der Waals surface area contributed by atoms with Crippen LogP contribution < -0.4 is 4.57 Å². The van der Waals surface area contributed by atoms with E-state index in [4.69, 9.17) is 0 Å². The second-order valence-corrected chi connectivity index (χ2v) is 6.44. The van der Waals surface area contributed by atoms with Gasteiger partial charge in [-0.05, 0) is 17.7 Å². The van der Waals surface area contributed by atoms with Crippen molar-refractivity contribution in [3.05, 3.63) is 53.7 Å². The molecule has 3 unspecified atom stereocenters. The smallest absolute Gasteiger partial charge is 0.213 e. The molecule has 2 aliphatic rings. The summed E-state index contributed by atoms with van der Waals surface area (Å²) in [6.45, 7) is 4.49. The summed E-state index contributed by atoms with van der Waals surface area (Å²) in [7, 11) is 0.231. The number of fused-ring (bicyclic) bond motifs is 2. The first-order valence-electron chi connectivity index (χ1n) is 6.67. The minimum atomic E-state index is -0.0659. The van der Waals surface area contributed by atoms with Gasteiger partial charge in [-0.15, -0.1) is 0 Å². The molecule has 1 aromatic carbocycles. The van der Waals surface area contributed by atoms with Crippen molar-refractivity contribution in [2.45, 2.75) is 31.0 Å². The minimum absolute atomic E-state index is 0.0659. The Kier molecular flexibility index (Phi) is 2.09. The lowest BCUT2D eigenvalue weighted by Crippen LogP contribution is -2.73. The van der Waals surface area contributed by atoms with E-state index in [0.717, 1.165) is 0 Å². The Morgan fingerprint density at radius 2 is 1.95 bits per heavy atom. The van der Waals surface area contributed by atoms with Crippen molar-refractivity contribution in [2.24, 2.45) is 0 Å². The van der Waals surface area contributed by atoms with E-state index in [1.165, 1.54) is 22.5 Å². The molecule has 0 aliphatic carbocycles. The van der Waals surface area contributed by atoms with E-state index in [1.807, 2.05) is 0 Å². The van der Waals surface area contributed by atoms with Crippen molar-refractivity contribution < 1.29 is 9.13 Å². The molecule has 0 fully saturated rings. The zero-order valence-corrected chi connectivity index (χ0v) is 11.9. The molecule has 3 heteroatoms. The van der Waals surface area contributed by atoms with Crippen LogP contribution in [0.3, 0.4) is 0 Å². The fourth-order valence-corrected chi connectivity index (χ4v) is 4.72. The Bertz CT molecular complexity index is 712. The summed E-state index contributed by atoms with van der Waals surface area (Å²) in [5.41, 5.74) is 5.18. The van der Waals surface area contributed by atoms with Crippen LogP contribution in [0, 0.1) is 0 Å². The quantitative estimate of drug-likeness (QED) is 0.569. The highest BCUT2D eigenvalue weighted by atomic mass is 31.1. The van der Waals surface area contributed by atoms with Gasteiger partial charge in [-0.3, -0.25) is 4.57 Å². The number of nitrogens with zero attached hydrogens (tertiary/aromatic N) is 1. The van der Waals surface area contributed by atoms with E-state index in [1.54, 1.807) is 0 Å². The molecule has 0 amide bonds. The van der Waals surface area contributed by atoms with Gasteiger partial charge >= 0.3 is 0 Å². The number of hydrogen-bond donors (Lipinski definition) is 0. The van der Waals surface area contributed by atoms with Crippen molar-refractivity contribution in [3.8, 4) is 11.3 Å². The molecule has 0 bridgehead atoms. The van der Waals surface area contributed by atoms with E-state index in [-0.39, 0.29) is 19.7 Å². The lowest BCUT2D eigenvalue weighted by molar-refractivity contribution is -0.804. The number of aromatic nitrogens is 1. The van der Waals surface area contributed by atoms with Gasteiger partial charge in [0, 0.05) is 30.5 Å². The van der Waals surface area contributed by atoms with Crippen LogP contribution in [0.15, 0.2) is 42.5 Å². The van der Waals surface area contributed by atoms with Crippen LogP contribution in [0.25, 0.3) is 11.3 Å². The predicted molar refractivity (Wildman–Crippen MR) is 74.5 cm³/mol. The van der Waals surface area contributed by atoms with Crippen LogP contribution in [0.2, 0.25) is 0 Å². The van der Waals surface area contributed by atoms with Crippen molar-refractivity contribution in [1.82, 2.24) is 0 Å². The van der Waals surface area contributed by atoms with Crippen molar-refractivity contribution in [3.63, 3.8) is 0 Å². The van der Waals surface area contributed by atoms with Crippen LogP contribution in [0.5, 0.6) is 0 Å². The molecule has 19 heavy (non-hydrogen) atoms. The highest BCUT2D eigenvalue weighted by Crippen LogP contribution is 2.56. The van der Waals surface area contributed by atoms with E-state index in [9.17, 15) is 4.57 Å². The number of benzene rings is 1. The first-order valence-corrected chi connectivity index (χ1v) is 7.55. The average molecular weight is 268 g/mol. The summed E-state index contributed by atoms with van der Waals surface area (Å²) >= 11 is 0. The van der Waals surface area contributed by atoms with Crippen molar-refractivity contribution in [1.29, 1.82) is 0 Å². The molecule has 0 radical (unpaired) electrons. The largest absolute Gasteiger partial charge is 0.274 e. The third kappa shape index (κ3) is 1.12. The summed E-state index contributed by atoms with van der Waals surface area (Å²) in [5, 5.41) is 0. The third-order valence-electron chi connectivity index (χ3n) is 5.02. The molecule has 3 atom stereocenters. The Labute approximate surface area is 114 Å². The molecule has 1 aromatic heterocycles. The summed E-state index contributed by atoms with van der Waals surface area (Å²) in [4.78, 5) is 0. The Hall–Kier alpha value is -1.53. The van der Waals surface area contributed by atoms with E-state index < -0.39 is 0 Å². The predicted octanol–water partition coefficient (Wildman–Crippen LogP) is 3.82. The van der Waals surface area contributed by atoms with E-state index in [2.05, 4.69) is 60.9 Å². The number of rotatable bonds is 1. The van der Waals surface area contributed by atoms with Crippen LogP contribution in [-0.2, 0) is 10.1 Å². The second kappa shape index (κ2) is 3.52. The average Bonchev–Trinajstić information content (AvgIpc) is 2.44. The topological polar surface area (TPSA) is 20.9 Å². The van der Waals surface area contributed by atoms with Gasteiger partial charge in [0.1, 0.15) is 0 Å². The van der Waals surface area contributed by atoms with E-state index in [0.29, 0.717) is 5.92 Å². The maximum atomic E-state index is 11.6. The van der Waals surface area contributed by atoms with E-state index >= 15 is 0 Å². The lowest BCUT2D eigenvalue weighted by atomic mass is 9.68. The van der Waals surface area contributed by atoms with Crippen LogP contribution in [-0.4, -0.2) is 0 Å². The Morgan fingerprint density at radius 1 is 1.16 bits per heavy atom. The van der Waals surface area contributed by atoms with Gasteiger partial charge in [-0.1, -0.05) is 25.1 Å². The normalized spacial score (nSPS) is 30.4. The Balaban J connectivity index is 2.11. The molecule has 94 valence electrons. The highest BCUT2D eigenvalue weighted by molar-refractivity contribution is 7.24. The molecule has 0 saturated carbocycles. The van der Waals surface area contributed by atoms with Crippen molar-refractivity contribution >= 4 is 8.46 Å². The van der Waals surface area contributed by atoms with Gasteiger partial charge in [0.2, 0.25) is 11.4 Å². The first-order chi connectivity index (χ1) is 9.19. The number of hydrogen-bond acceptors (Lipinski definition) is 1. The van der Waals surface area contributed by atoms with Gasteiger partial charge in [-0.2, -0.15) is 4.57 Å². The summed E-state index contributed by atoms with van der Waals surface area (Å²) in [5.74, 6) is 0.377. The molecular weight excluding hydrogens is 253 g/mol. The minimum Gasteiger partial charge on any atom is -0.274 e. The van der Waals surface area contributed by atoms with Gasteiger partial charge < -0.3 is 0 Å². The van der Waals surface area contributed by atoms with Gasteiger partial charge in [0.05, 0.1) is 0 Å². The summed E-state index contributed by atoms with van der Waals surface area (Å²) in [6.07, 6.45) is 0. The molecule has 2 nitrogen and oxygen atoms in total. The molecule has 0 saturated heterocycles. The molecule has 2 aromatic rings. The third-order valence-corrected chi connectivity index (χ3v) is 6.02. The fourth-order valence-electron chi connectivity index (χ4n) is 3.86. The lowest BCUT2D eigenvalue weighted by Gasteiger charge is -2.46. The molecular formula is C16H15NOP+. The van der Waals surface area contributed by atoms with Gasteiger partial charge in [0.25, 0.3) is 0 Å². The van der Waals surface area contributed by atoms with Gasteiger partial charge in [-0.25, -0.2) is 0 Å². The fraction of sp³-hybridized carbons (Fsp3) is 0.312. The SMILES string of the molecule is CC1c2ccccc2-c2cccc3[n+]2C1(C)C3P=O. The molecule has 4 rings (SSSR count).